The van der Waals surface area contributed by atoms with Gasteiger partial charge < -0.3 is 23.7 Å². The van der Waals surface area contributed by atoms with Crippen molar-refractivity contribution in [3.63, 3.8) is 0 Å². The second kappa shape index (κ2) is 16.5. The third-order valence-corrected chi connectivity index (χ3v) is 9.86. The van der Waals surface area contributed by atoms with Crippen molar-refractivity contribution in [1.29, 1.82) is 0 Å². The van der Waals surface area contributed by atoms with Gasteiger partial charge in [-0.05, 0) is 48.5 Å². The second-order valence-electron chi connectivity index (χ2n) is 10.8. The smallest absolute Gasteiger partial charge is 0.338 e. The number of benzene rings is 4. The van der Waals surface area contributed by atoms with Gasteiger partial charge in [-0.15, -0.1) is 0 Å². The lowest BCUT2D eigenvalue weighted by molar-refractivity contribution is -0.207. The van der Waals surface area contributed by atoms with Crippen LogP contribution in [0.4, 0.5) is 0 Å². The summed E-state index contributed by atoms with van der Waals surface area (Å²) in [6, 6.07) is 33.2. The summed E-state index contributed by atoms with van der Waals surface area (Å²) in [4.78, 5) is 58.4. The maximum atomic E-state index is 13.7. The summed E-state index contributed by atoms with van der Waals surface area (Å²) >= 11 is 2.70. The molecule has 0 spiro atoms. The van der Waals surface area contributed by atoms with Gasteiger partial charge in [-0.25, -0.2) is 19.2 Å². The van der Waals surface area contributed by atoms with E-state index in [0.29, 0.717) is 16.5 Å². The highest BCUT2D eigenvalue weighted by Gasteiger charge is 2.53. The van der Waals surface area contributed by atoms with Crippen molar-refractivity contribution >= 4 is 51.8 Å². The van der Waals surface area contributed by atoms with Crippen molar-refractivity contribution < 1.29 is 42.9 Å². The Kier molecular flexibility index (Phi) is 11.4. The molecule has 4 aromatic rings. The largest absolute Gasteiger partial charge is 0.459 e. The molecule has 2 heterocycles. The van der Waals surface area contributed by atoms with Gasteiger partial charge in [0.1, 0.15) is 17.1 Å². The number of hydrogen-bond acceptors (Lipinski definition) is 12. The first kappa shape index (κ1) is 34.0. The zero-order valence-corrected chi connectivity index (χ0v) is 27.6. The summed E-state index contributed by atoms with van der Waals surface area (Å²) in [5.74, 6) is -2.07. The third-order valence-electron chi connectivity index (χ3n) is 7.51. The fraction of sp³-hybridized carbons (Fsp3) is 0.216. The fourth-order valence-corrected chi connectivity index (χ4v) is 7.36. The van der Waals surface area contributed by atoms with Gasteiger partial charge in [-0.2, -0.15) is 0 Å². The quantitative estimate of drug-likeness (QED) is 0.141. The lowest BCUT2D eigenvalue weighted by atomic mass is 9.98. The minimum Gasteiger partial charge on any atom is -0.459 e. The molecule has 6 rings (SSSR count). The van der Waals surface area contributed by atoms with Gasteiger partial charge in [-0.3, -0.25) is 4.99 Å². The second-order valence-corrected chi connectivity index (χ2v) is 13.3. The molecule has 12 heteroatoms. The van der Waals surface area contributed by atoms with Gasteiger partial charge in [0.2, 0.25) is 0 Å². The molecule has 0 bridgehead atoms. The van der Waals surface area contributed by atoms with E-state index in [2.05, 4.69) is 4.99 Å². The summed E-state index contributed by atoms with van der Waals surface area (Å²) < 4.78 is 31.1. The van der Waals surface area contributed by atoms with Crippen LogP contribution in [0.5, 0.6) is 0 Å². The molecule has 0 unspecified atom stereocenters. The normalized spacial score (nSPS) is 21.6. The summed E-state index contributed by atoms with van der Waals surface area (Å²) in [7, 11) is 0. The predicted octanol–water partition coefficient (Wildman–Crippen LogP) is 6.08. The Morgan fingerprint density at radius 3 is 1.49 bits per heavy atom. The van der Waals surface area contributed by atoms with Gasteiger partial charge in [0.25, 0.3) is 0 Å². The van der Waals surface area contributed by atoms with Crippen LogP contribution in [0.2, 0.25) is 0 Å². The van der Waals surface area contributed by atoms with E-state index in [1.165, 1.54) is 23.5 Å². The minimum absolute atomic E-state index is 0.224. The number of thioether (sulfide) groups is 2. The fourth-order valence-electron chi connectivity index (χ4n) is 5.11. The highest BCUT2D eigenvalue weighted by Crippen LogP contribution is 2.38. The Morgan fingerprint density at radius 1 is 0.612 bits per heavy atom. The molecule has 0 aliphatic carbocycles. The van der Waals surface area contributed by atoms with Gasteiger partial charge in [0, 0.05) is 5.75 Å². The van der Waals surface area contributed by atoms with Crippen LogP contribution < -0.4 is 0 Å². The van der Waals surface area contributed by atoms with Crippen molar-refractivity contribution in [2.24, 2.45) is 4.99 Å². The predicted molar refractivity (Wildman–Crippen MR) is 185 cm³/mol. The summed E-state index contributed by atoms with van der Waals surface area (Å²) in [6.07, 6.45) is -5.21. The van der Waals surface area contributed by atoms with Crippen LogP contribution in [0.3, 0.4) is 0 Å². The van der Waals surface area contributed by atoms with Gasteiger partial charge in [0.15, 0.2) is 23.7 Å². The number of rotatable bonds is 10. The Hall–Kier alpha value is -4.91. The number of carbonyl (C=O) groups excluding carboxylic acids is 4. The molecule has 2 aliphatic rings. The van der Waals surface area contributed by atoms with E-state index in [1.807, 2.05) is 0 Å². The molecule has 2 aliphatic heterocycles. The average molecular weight is 698 g/mol. The van der Waals surface area contributed by atoms with Gasteiger partial charge in [-0.1, -0.05) is 96.3 Å². The third kappa shape index (κ3) is 8.77. The first-order chi connectivity index (χ1) is 24.0. The number of aliphatic imine (C=N–C) groups is 1. The molecule has 10 nitrogen and oxygen atoms in total. The van der Waals surface area contributed by atoms with Crippen LogP contribution in [0.15, 0.2) is 126 Å². The van der Waals surface area contributed by atoms with Crippen molar-refractivity contribution in [3.05, 3.63) is 144 Å². The first-order valence-corrected chi connectivity index (χ1v) is 17.3. The Balaban J connectivity index is 1.39. The minimum atomic E-state index is -1.40. The standard InChI is InChI=1S/C37H31NO9S2/c39-32(24-13-5-1-6-14-24)43-23-28-29(45-33(40)25-15-7-2-8-16-25)30(46-34(41)26-17-9-3-10-18-26)31(36(44-28)49-37-38-21-22-48-37)47-35(42)27-19-11-4-12-20-27/h1-20,28-31,36H,21-23H2/t28-,29+,30+,31-,36+/m1/s1. The van der Waals surface area contributed by atoms with E-state index >= 15 is 0 Å². The van der Waals surface area contributed by atoms with Crippen molar-refractivity contribution in [2.75, 3.05) is 18.9 Å². The van der Waals surface area contributed by atoms with E-state index in [-0.39, 0.29) is 23.3 Å². The number of carbonyl (C=O) groups is 4. The number of hydrogen-bond donors (Lipinski definition) is 0. The van der Waals surface area contributed by atoms with E-state index in [4.69, 9.17) is 23.7 Å². The SMILES string of the molecule is O=C(OC[C@H]1O[C@@H](SC2=NCCS2)[C@H](OC(=O)c2ccccc2)[C@@H](OC(=O)c2ccccc2)[C@H]1OC(=O)c1ccccc1)c1ccccc1. The first-order valence-electron chi connectivity index (χ1n) is 15.5. The highest BCUT2D eigenvalue weighted by molar-refractivity contribution is 8.39. The van der Waals surface area contributed by atoms with Gasteiger partial charge >= 0.3 is 23.9 Å². The molecule has 49 heavy (non-hydrogen) atoms. The molecule has 1 saturated heterocycles. The van der Waals surface area contributed by atoms with Crippen LogP contribution in [-0.2, 0) is 23.7 Å². The molecule has 0 N–H and O–H groups in total. The molecular formula is C37H31NO9S2. The van der Waals surface area contributed by atoms with Crippen molar-refractivity contribution in [2.45, 2.75) is 29.9 Å². The molecule has 1 fully saturated rings. The maximum absolute atomic E-state index is 13.7. The van der Waals surface area contributed by atoms with Crippen LogP contribution in [0.25, 0.3) is 0 Å². The monoisotopic (exact) mass is 697 g/mol. The molecule has 5 atom stereocenters. The molecule has 250 valence electrons. The van der Waals surface area contributed by atoms with Crippen LogP contribution in [0.1, 0.15) is 41.4 Å². The Morgan fingerprint density at radius 2 is 1.04 bits per heavy atom. The van der Waals surface area contributed by atoms with E-state index in [9.17, 15) is 19.2 Å². The summed E-state index contributed by atoms with van der Waals surface area (Å²) in [5, 5.41) is 0. The van der Waals surface area contributed by atoms with Gasteiger partial charge in [0.05, 0.1) is 28.8 Å². The Labute approximate surface area is 291 Å². The van der Waals surface area contributed by atoms with E-state index in [0.717, 1.165) is 5.75 Å². The molecular weight excluding hydrogens is 667 g/mol. The van der Waals surface area contributed by atoms with Crippen LogP contribution >= 0.6 is 23.5 Å². The topological polar surface area (TPSA) is 127 Å². The zero-order valence-electron chi connectivity index (χ0n) is 26.0. The average Bonchev–Trinajstić information content (AvgIpc) is 3.67. The lowest BCUT2D eigenvalue weighted by Gasteiger charge is -2.44. The van der Waals surface area contributed by atoms with Crippen LogP contribution in [-0.4, -0.2) is 77.0 Å². The lowest BCUT2D eigenvalue weighted by Crippen LogP contribution is -2.62. The van der Waals surface area contributed by atoms with E-state index < -0.39 is 53.7 Å². The maximum Gasteiger partial charge on any atom is 0.338 e. The molecule has 0 aromatic heterocycles. The molecule has 0 saturated carbocycles. The van der Waals surface area contributed by atoms with Crippen molar-refractivity contribution in [1.82, 2.24) is 0 Å². The summed E-state index contributed by atoms with van der Waals surface area (Å²) in [5.41, 5.74) is 0.00542. The number of nitrogens with zero attached hydrogens (tertiary/aromatic N) is 1. The number of ether oxygens (including phenoxy) is 5. The van der Waals surface area contributed by atoms with Crippen LogP contribution in [0, 0.1) is 0 Å². The van der Waals surface area contributed by atoms with Crippen molar-refractivity contribution in [3.8, 4) is 0 Å². The molecule has 4 aromatic carbocycles. The highest BCUT2D eigenvalue weighted by atomic mass is 32.2. The number of esters is 4. The molecule has 0 amide bonds. The Bertz CT molecular complexity index is 1780. The molecule has 0 radical (unpaired) electrons. The van der Waals surface area contributed by atoms with E-state index in [1.54, 1.807) is 121 Å². The summed E-state index contributed by atoms with van der Waals surface area (Å²) in [6.45, 7) is 0.214. The zero-order chi connectivity index (χ0) is 34.0.